The number of hydrogen-bond acceptors (Lipinski definition) is 6. The first-order valence-corrected chi connectivity index (χ1v) is 8.08. The van der Waals surface area contributed by atoms with Crippen molar-refractivity contribution in [3.63, 3.8) is 0 Å². The first-order chi connectivity index (χ1) is 12.4. The van der Waals surface area contributed by atoms with Crippen molar-refractivity contribution < 1.29 is 19.9 Å². The van der Waals surface area contributed by atoms with E-state index in [1.807, 2.05) is 13.8 Å². The fraction of sp³-hybridized carbons (Fsp3) is 0.375. The average Bonchev–Trinajstić information content (AvgIpc) is 3.08. The number of aromatic hydroxyl groups is 1. The number of nitrogens with one attached hydrogen (secondary N) is 3. The second-order valence-corrected chi connectivity index (χ2v) is 6.16. The number of benzene rings is 1. The molecular weight excluding hydrogens is 340 g/mol. The van der Waals surface area contributed by atoms with Crippen LogP contribution in [0.4, 0.5) is 4.79 Å². The zero-order valence-corrected chi connectivity index (χ0v) is 14.5. The van der Waals surface area contributed by atoms with Gasteiger partial charge in [0.25, 0.3) is 5.91 Å². The predicted molar refractivity (Wildman–Crippen MR) is 91.6 cm³/mol. The van der Waals surface area contributed by atoms with Gasteiger partial charge in [0, 0.05) is 0 Å². The lowest BCUT2D eigenvalue weighted by molar-refractivity contribution is -0.131. The Bertz CT molecular complexity index is 743. The molecule has 2 aromatic rings. The summed E-state index contributed by atoms with van der Waals surface area (Å²) in [6.45, 7) is 3.91. The number of amides is 3. The zero-order valence-electron chi connectivity index (χ0n) is 14.5. The number of hydrogen-bond donors (Lipinski definition) is 5. The van der Waals surface area contributed by atoms with Gasteiger partial charge in [0.15, 0.2) is 0 Å². The summed E-state index contributed by atoms with van der Waals surface area (Å²) in [6, 6.07) is 5.02. The maximum atomic E-state index is 12.0. The quantitative estimate of drug-likeness (QED) is 0.362. The van der Waals surface area contributed by atoms with Crippen molar-refractivity contribution in [1.82, 2.24) is 31.1 Å². The highest BCUT2D eigenvalue weighted by Gasteiger charge is 2.21. The van der Waals surface area contributed by atoms with Crippen LogP contribution in [0.2, 0.25) is 0 Å². The van der Waals surface area contributed by atoms with Crippen LogP contribution in [0, 0.1) is 5.92 Å². The molecular formula is C16H22N6O4. The van der Waals surface area contributed by atoms with Crippen molar-refractivity contribution >= 4 is 11.9 Å². The SMILES string of the molecule is CC(C)C[C@H](NC(=O)NCc1cn(-c2ccc(O)cc2)nn1)C(=O)NO. The number of hydroxylamine groups is 1. The lowest BCUT2D eigenvalue weighted by Gasteiger charge is -2.18. The molecule has 3 amide bonds. The van der Waals surface area contributed by atoms with Crippen molar-refractivity contribution in [1.29, 1.82) is 0 Å². The standard InChI is InChI=1S/C16H22N6O4/c1-10(2)7-14(15(24)20-26)18-16(25)17-8-11-9-22(21-19-11)12-3-5-13(23)6-4-12/h3-6,9-10,14,23,26H,7-8H2,1-2H3,(H,20,24)(H2,17,18,25)/t14-/m0/s1. The molecule has 2 rings (SSSR count). The van der Waals surface area contributed by atoms with E-state index in [2.05, 4.69) is 20.9 Å². The molecule has 1 heterocycles. The summed E-state index contributed by atoms with van der Waals surface area (Å²) in [6.07, 6.45) is 2.02. The summed E-state index contributed by atoms with van der Waals surface area (Å²) in [7, 11) is 0. The Hall–Kier alpha value is -3.14. The van der Waals surface area contributed by atoms with E-state index in [1.165, 1.54) is 16.8 Å². The first-order valence-electron chi connectivity index (χ1n) is 8.08. The fourth-order valence-electron chi connectivity index (χ4n) is 2.27. The van der Waals surface area contributed by atoms with E-state index in [4.69, 9.17) is 5.21 Å². The molecule has 0 saturated heterocycles. The molecule has 0 aliphatic rings. The monoisotopic (exact) mass is 362 g/mol. The van der Waals surface area contributed by atoms with Gasteiger partial charge in [0.1, 0.15) is 17.5 Å². The van der Waals surface area contributed by atoms with Crippen LogP contribution < -0.4 is 16.1 Å². The molecule has 140 valence electrons. The molecule has 10 nitrogen and oxygen atoms in total. The van der Waals surface area contributed by atoms with Gasteiger partial charge in [-0.15, -0.1) is 5.10 Å². The van der Waals surface area contributed by atoms with Crippen LogP contribution in [0.25, 0.3) is 5.69 Å². The van der Waals surface area contributed by atoms with Gasteiger partial charge in [-0.05, 0) is 36.6 Å². The van der Waals surface area contributed by atoms with Crippen LogP contribution in [-0.4, -0.2) is 43.3 Å². The maximum Gasteiger partial charge on any atom is 0.315 e. The van der Waals surface area contributed by atoms with E-state index < -0.39 is 18.0 Å². The number of carbonyl (C=O) groups is 2. The Balaban J connectivity index is 1.90. The Morgan fingerprint density at radius 3 is 2.54 bits per heavy atom. The number of carbonyl (C=O) groups excluding carboxylic acids is 2. The van der Waals surface area contributed by atoms with Gasteiger partial charge in [0.2, 0.25) is 0 Å². The van der Waals surface area contributed by atoms with Crippen LogP contribution in [0.3, 0.4) is 0 Å². The normalized spacial score (nSPS) is 11.8. The average molecular weight is 362 g/mol. The Kier molecular flexibility index (Phi) is 6.50. The van der Waals surface area contributed by atoms with Gasteiger partial charge in [-0.25, -0.2) is 15.0 Å². The number of phenolic OH excluding ortho intramolecular Hbond substituents is 1. The number of phenols is 1. The summed E-state index contributed by atoms with van der Waals surface area (Å²) >= 11 is 0. The van der Waals surface area contributed by atoms with Gasteiger partial charge in [-0.2, -0.15) is 0 Å². The van der Waals surface area contributed by atoms with Crippen molar-refractivity contribution in [3.05, 3.63) is 36.2 Å². The maximum absolute atomic E-state index is 12.0. The van der Waals surface area contributed by atoms with E-state index in [-0.39, 0.29) is 18.2 Å². The van der Waals surface area contributed by atoms with E-state index in [0.29, 0.717) is 17.8 Å². The van der Waals surface area contributed by atoms with E-state index in [1.54, 1.807) is 23.8 Å². The molecule has 1 aromatic heterocycles. The first kappa shape index (κ1) is 19.2. The third-order valence-corrected chi connectivity index (χ3v) is 3.52. The topological polar surface area (TPSA) is 141 Å². The van der Waals surface area contributed by atoms with Gasteiger partial charge < -0.3 is 15.7 Å². The van der Waals surface area contributed by atoms with Crippen LogP contribution >= 0.6 is 0 Å². The fourth-order valence-corrected chi connectivity index (χ4v) is 2.27. The lowest BCUT2D eigenvalue weighted by atomic mass is 10.0. The minimum Gasteiger partial charge on any atom is -0.508 e. The zero-order chi connectivity index (χ0) is 19.1. The molecule has 0 bridgehead atoms. The van der Waals surface area contributed by atoms with Crippen LogP contribution in [0.15, 0.2) is 30.5 Å². The Morgan fingerprint density at radius 1 is 1.23 bits per heavy atom. The van der Waals surface area contributed by atoms with Crippen LogP contribution in [-0.2, 0) is 11.3 Å². The van der Waals surface area contributed by atoms with Gasteiger partial charge >= 0.3 is 6.03 Å². The van der Waals surface area contributed by atoms with E-state index in [9.17, 15) is 14.7 Å². The second kappa shape index (κ2) is 8.81. The smallest absolute Gasteiger partial charge is 0.315 e. The highest BCUT2D eigenvalue weighted by molar-refractivity contribution is 5.86. The molecule has 0 saturated carbocycles. The molecule has 5 N–H and O–H groups in total. The molecule has 0 unspecified atom stereocenters. The summed E-state index contributed by atoms with van der Waals surface area (Å²) in [5.74, 6) is -0.370. The molecule has 26 heavy (non-hydrogen) atoms. The van der Waals surface area contributed by atoms with Crippen molar-refractivity contribution in [2.24, 2.45) is 5.92 Å². The second-order valence-electron chi connectivity index (χ2n) is 6.16. The Labute approximate surface area is 150 Å². The van der Waals surface area contributed by atoms with Crippen LogP contribution in [0.5, 0.6) is 5.75 Å². The third kappa shape index (κ3) is 5.45. The van der Waals surface area contributed by atoms with Gasteiger partial charge in [-0.3, -0.25) is 10.0 Å². The predicted octanol–water partition coefficient (Wildman–Crippen LogP) is 0.692. The molecule has 0 aliphatic carbocycles. The lowest BCUT2D eigenvalue weighted by Crippen LogP contribution is -2.49. The number of urea groups is 1. The largest absolute Gasteiger partial charge is 0.508 e. The summed E-state index contributed by atoms with van der Waals surface area (Å²) in [4.78, 5) is 23.6. The molecule has 0 spiro atoms. The molecule has 10 heteroatoms. The molecule has 0 fully saturated rings. The van der Waals surface area contributed by atoms with Crippen molar-refractivity contribution in [3.8, 4) is 11.4 Å². The molecule has 0 radical (unpaired) electrons. The van der Waals surface area contributed by atoms with Crippen LogP contribution in [0.1, 0.15) is 26.0 Å². The summed E-state index contributed by atoms with van der Waals surface area (Å²) < 4.78 is 1.51. The highest BCUT2D eigenvalue weighted by atomic mass is 16.5. The van der Waals surface area contributed by atoms with Crippen molar-refractivity contribution in [2.75, 3.05) is 0 Å². The molecule has 1 atom stereocenters. The van der Waals surface area contributed by atoms with Crippen molar-refractivity contribution in [2.45, 2.75) is 32.9 Å². The minimum atomic E-state index is -0.840. The number of rotatable bonds is 7. The molecule has 0 aliphatic heterocycles. The highest BCUT2D eigenvalue weighted by Crippen LogP contribution is 2.12. The third-order valence-electron chi connectivity index (χ3n) is 3.52. The van der Waals surface area contributed by atoms with E-state index in [0.717, 1.165) is 0 Å². The summed E-state index contributed by atoms with van der Waals surface area (Å²) in [5.41, 5.74) is 2.77. The van der Waals surface area contributed by atoms with Gasteiger partial charge in [0.05, 0.1) is 18.4 Å². The summed E-state index contributed by atoms with van der Waals surface area (Å²) in [5, 5.41) is 31.1. The van der Waals surface area contributed by atoms with Gasteiger partial charge in [-0.1, -0.05) is 19.1 Å². The minimum absolute atomic E-state index is 0.110. The molecule has 1 aromatic carbocycles. The number of aromatic nitrogens is 3. The Morgan fingerprint density at radius 2 is 1.92 bits per heavy atom. The number of nitrogens with zero attached hydrogens (tertiary/aromatic N) is 3. The van der Waals surface area contributed by atoms with E-state index >= 15 is 0 Å².